The Balaban J connectivity index is 1.79. The smallest absolute Gasteiger partial charge is 0.282 e. The van der Waals surface area contributed by atoms with Crippen LogP contribution in [-0.2, 0) is 11.2 Å². The van der Waals surface area contributed by atoms with Crippen LogP contribution in [0.15, 0.2) is 58.9 Å². The van der Waals surface area contributed by atoms with Gasteiger partial charge in [-0.2, -0.15) is 9.78 Å². The highest BCUT2D eigenvalue weighted by Gasteiger charge is 2.22. The molecule has 0 radical (unpaired) electrons. The van der Waals surface area contributed by atoms with Crippen LogP contribution >= 0.6 is 0 Å². The monoisotopic (exact) mass is 474 g/mol. The first kappa shape index (κ1) is 24.2. The first-order valence-corrected chi connectivity index (χ1v) is 11.8. The fourth-order valence-corrected chi connectivity index (χ4v) is 4.53. The van der Waals surface area contributed by atoms with Crippen LogP contribution < -0.4 is 20.8 Å². The minimum atomic E-state index is -0.583. The molecule has 0 spiro atoms. The van der Waals surface area contributed by atoms with E-state index in [1.807, 2.05) is 24.3 Å². The molecule has 1 aliphatic rings. The van der Waals surface area contributed by atoms with E-state index in [0.29, 0.717) is 40.2 Å². The number of rotatable bonds is 9. The Morgan fingerprint density at radius 3 is 2.74 bits per heavy atom. The van der Waals surface area contributed by atoms with Crippen molar-refractivity contribution in [1.29, 1.82) is 0 Å². The minimum Gasteiger partial charge on any atom is -0.493 e. The molecule has 0 unspecified atom stereocenters. The number of allylic oxidation sites excluding steroid dienone is 1. The Hall–Kier alpha value is -3.94. The Bertz CT molecular complexity index is 1320. The van der Waals surface area contributed by atoms with Gasteiger partial charge in [0.2, 0.25) is 0 Å². The molecule has 1 aliphatic carbocycles. The summed E-state index contributed by atoms with van der Waals surface area (Å²) in [6.45, 7) is 3.53. The predicted molar refractivity (Wildman–Crippen MR) is 136 cm³/mol. The van der Waals surface area contributed by atoms with Crippen molar-refractivity contribution in [1.82, 2.24) is 9.66 Å². The van der Waals surface area contributed by atoms with Crippen molar-refractivity contribution >= 4 is 23.0 Å². The van der Waals surface area contributed by atoms with Gasteiger partial charge < -0.3 is 15.2 Å². The van der Waals surface area contributed by atoms with Gasteiger partial charge in [0.25, 0.3) is 11.5 Å². The molecule has 1 amide bonds. The summed E-state index contributed by atoms with van der Waals surface area (Å²) in [7, 11) is 1.52. The van der Waals surface area contributed by atoms with Gasteiger partial charge in [0.15, 0.2) is 18.1 Å². The predicted octanol–water partition coefficient (Wildman–Crippen LogP) is 3.93. The first-order chi connectivity index (χ1) is 17.0. The van der Waals surface area contributed by atoms with Crippen molar-refractivity contribution in [2.45, 2.75) is 44.4 Å². The number of nitrogens with two attached hydrogens (primary N) is 1. The van der Waals surface area contributed by atoms with Gasteiger partial charge in [-0.05, 0) is 49.1 Å². The van der Waals surface area contributed by atoms with Crippen molar-refractivity contribution < 1.29 is 14.3 Å². The SMILES string of the molecule is C=CCc1cc(C=Nn2c(C3CCCCC3)nc3ccccc3c2=O)cc(OC)c1OCC(N)=O. The number of ether oxygens (including phenoxy) is 2. The van der Waals surface area contributed by atoms with Crippen molar-refractivity contribution in [3.63, 3.8) is 0 Å². The van der Waals surface area contributed by atoms with E-state index >= 15 is 0 Å². The summed E-state index contributed by atoms with van der Waals surface area (Å²) in [5.41, 5.74) is 7.22. The van der Waals surface area contributed by atoms with Crippen LogP contribution in [0.25, 0.3) is 10.9 Å². The van der Waals surface area contributed by atoms with Crippen molar-refractivity contribution in [3.05, 3.63) is 76.4 Å². The largest absolute Gasteiger partial charge is 0.493 e. The Morgan fingerprint density at radius 2 is 2.03 bits per heavy atom. The zero-order valence-corrected chi connectivity index (χ0v) is 19.9. The van der Waals surface area contributed by atoms with Crippen LogP contribution in [0.2, 0.25) is 0 Å². The quantitative estimate of drug-likeness (QED) is 0.373. The maximum Gasteiger partial charge on any atom is 0.282 e. The molecule has 1 fully saturated rings. The maximum atomic E-state index is 13.4. The number of amides is 1. The van der Waals surface area contributed by atoms with Crippen LogP contribution in [-0.4, -0.2) is 35.5 Å². The van der Waals surface area contributed by atoms with Gasteiger partial charge in [0, 0.05) is 11.5 Å². The molecule has 3 aromatic rings. The lowest BCUT2D eigenvalue weighted by Crippen LogP contribution is -2.25. The highest BCUT2D eigenvalue weighted by atomic mass is 16.5. The third-order valence-corrected chi connectivity index (χ3v) is 6.17. The summed E-state index contributed by atoms with van der Waals surface area (Å²) in [5.74, 6) is 1.16. The third-order valence-electron chi connectivity index (χ3n) is 6.17. The summed E-state index contributed by atoms with van der Waals surface area (Å²) < 4.78 is 12.5. The molecule has 35 heavy (non-hydrogen) atoms. The van der Waals surface area contributed by atoms with E-state index in [4.69, 9.17) is 20.2 Å². The maximum absolute atomic E-state index is 13.4. The van der Waals surface area contributed by atoms with Gasteiger partial charge in [-0.3, -0.25) is 9.59 Å². The van der Waals surface area contributed by atoms with Crippen LogP contribution in [0, 0.1) is 0 Å². The number of para-hydroxylation sites is 1. The van der Waals surface area contributed by atoms with Gasteiger partial charge in [-0.25, -0.2) is 4.98 Å². The average Bonchev–Trinajstić information content (AvgIpc) is 2.87. The number of primary amides is 1. The number of hydrogen-bond donors (Lipinski definition) is 1. The summed E-state index contributed by atoms with van der Waals surface area (Å²) in [4.78, 5) is 29.5. The molecule has 8 nitrogen and oxygen atoms in total. The van der Waals surface area contributed by atoms with Crippen molar-refractivity contribution in [3.8, 4) is 11.5 Å². The molecular weight excluding hydrogens is 444 g/mol. The number of methoxy groups -OCH3 is 1. The molecule has 1 saturated carbocycles. The summed E-state index contributed by atoms with van der Waals surface area (Å²) >= 11 is 0. The number of carbonyl (C=O) groups excluding carboxylic acids is 1. The summed E-state index contributed by atoms with van der Waals surface area (Å²) in [6, 6.07) is 11.0. The second kappa shape index (κ2) is 11.0. The van der Waals surface area contributed by atoms with Crippen LogP contribution in [0.4, 0.5) is 0 Å². The molecule has 182 valence electrons. The minimum absolute atomic E-state index is 0.188. The number of nitrogens with zero attached hydrogens (tertiary/aromatic N) is 3. The van der Waals surface area contributed by atoms with E-state index in [9.17, 15) is 9.59 Å². The lowest BCUT2D eigenvalue weighted by atomic mass is 9.88. The molecular formula is C27H30N4O4. The molecule has 2 N–H and O–H groups in total. The second-order valence-corrected chi connectivity index (χ2v) is 8.64. The molecule has 0 saturated heterocycles. The zero-order valence-electron chi connectivity index (χ0n) is 19.9. The third kappa shape index (κ3) is 5.42. The number of aromatic nitrogens is 2. The zero-order chi connectivity index (χ0) is 24.8. The average molecular weight is 475 g/mol. The van der Waals surface area contributed by atoms with Gasteiger partial charge in [0.1, 0.15) is 5.82 Å². The van der Waals surface area contributed by atoms with Gasteiger partial charge in [-0.15, -0.1) is 6.58 Å². The number of benzene rings is 2. The Kier molecular flexibility index (Phi) is 7.60. The van der Waals surface area contributed by atoms with Crippen molar-refractivity contribution in [2.75, 3.05) is 13.7 Å². The van der Waals surface area contributed by atoms with Crippen LogP contribution in [0.5, 0.6) is 11.5 Å². The Labute approximate surface area is 204 Å². The fourth-order valence-electron chi connectivity index (χ4n) is 4.53. The molecule has 4 rings (SSSR count). The van der Waals surface area contributed by atoms with E-state index in [0.717, 1.165) is 31.2 Å². The fraction of sp³-hybridized carbons (Fsp3) is 0.333. The highest BCUT2D eigenvalue weighted by molar-refractivity contribution is 5.82. The summed E-state index contributed by atoms with van der Waals surface area (Å²) in [5, 5.41) is 5.13. The van der Waals surface area contributed by atoms with Crippen LogP contribution in [0.1, 0.15) is 55.0 Å². The van der Waals surface area contributed by atoms with Gasteiger partial charge in [0.05, 0.1) is 24.2 Å². The highest BCUT2D eigenvalue weighted by Crippen LogP contribution is 2.34. The second-order valence-electron chi connectivity index (χ2n) is 8.64. The lowest BCUT2D eigenvalue weighted by molar-refractivity contribution is -0.119. The first-order valence-electron chi connectivity index (χ1n) is 11.8. The van der Waals surface area contributed by atoms with Crippen molar-refractivity contribution in [2.24, 2.45) is 10.8 Å². The van der Waals surface area contributed by atoms with Crippen LogP contribution in [0.3, 0.4) is 0 Å². The number of hydrogen-bond acceptors (Lipinski definition) is 6. The summed E-state index contributed by atoms with van der Waals surface area (Å²) in [6.07, 6.45) is 9.25. The van der Waals surface area contributed by atoms with Gasteiger partial charge in [-0.1, -0.05) is 37.5 Å². The molecule has 0 aliphatic heterocycles. The van der Waals surface area contributed by atoms with E-state index in [2.05, 4.69) is 11.7 Å². The lowest BCUT2D eigenvalue weighted by Gasteiger charge is -2.22. The standard InChI is InChI=1S/C27H30N4O4/c1-3-9-20-14-18(15-23(34-2)25(20)35-17-24(28)32)16-29-31-26(19-10-5-4-6-11-19)30-22-13-8-7-12-21(22)27(31)33/h3,7-8,12-16,19H,1,4-6,9-11,17H2,2H3,(H2,28,32). The van der Waals surface area contributed by atoms with E-state index < -0.39 is 5.91 Å². The van der Waals surface area contributed by atoms with Gasteiger partial charge >= 0.3 is 0 Å². The molecule has 8 heteroatoms. The molecule has 2 aromatic carbocycles. The topological polar surface area (TPSA) is 109 Å². The molecule has 1 heterocycles. The normalized spacial score (nSPS) is 14.3. The van der Waals surface area contributed by atoms with E-state index in [1.54, 1.807) is 24.4 Å². The Morgan fingerprint density at radius 1 is 1.26 bits per heavy atom. The number of carbonyl (C=O) groups is 1. The molecule has 1 aromatic heterocycles. The number of fused-ring (bicyclic) bond motifs is 1. The molecule has 0 atom stereocenters. The van der Waals surface area contributed by atoms with E-state index in [-0.39, 0.29) is 18.1 Å². The van der Waals surface area contributed by atoms with E-state index in [1.165, 1.54) is 18.2 Å². The molecule has 0 bridgehead atoms.